The molecule has 0 unspecified atom stereocenters. The molecule has 1 fully saturated rings. The van der Waals surface area contributed by atoms with Crippen LogP contribution in [0.2, 0.25) is 0 Å². The van der Waals surface area contributed by atoms with Crippen LogP contribution >= 0.6 is 15.9 Å². The van der Waals surface area contributed by atoms with Crippen LogP contribution in [0.15, 0.2) is 28.7 Å². The van der Waals surface area contributed by atoms with Crippen molar-refractivity contribution < 1.29 is 4.79 Å². The molecule has 1 aliphatic carbocycles. The summed E-state index contributed by atoms with van der Waals surface area (Å²) in [6.07, 6.45) is 2.74. The van der Waals surface area contributed by atoms with Crippen LogP contribution in [0.4, 0.5) is 0 Å². The van der Waals surface area contributed by atoms with Gasteiger partial charge in [0.25, 0.3) is 0 Å². The third-order valence-corrected chi connectivity index (χ3v) is 3.87. The molecule has 0 atom stereocenters. The van der Waals surface area contributed by atoms with E-state index in [1.807, 2.05) is 12.1 Å². The van der Waals surface area contributed by atoms with E-state index in [4.69, 9.17) is 5.73 Å². The molecule has 0 radical (unpaired) electrons. The van der Waals surface area contributed by atoms with Gasteiger partial charge in [-0.15, -0.1) is 0 Å². The lowest BCUT2D eigenvalue weighted by Gasteiger charge is -2.12. The van der Waals surface area contributed by atoms with Crippen LogP contribution in [0.25, 0.3) is 0 Å². The van der Waals surface area contributed by atoms with E-state index in [1.54, 1.807) is 0 Å². The molecule has 3 N–H and O–H groups in total. The predicted molar refractivity (Wildman–Crippen MR) is 71.6 cm³/mol. The average molecular weight is 297 g/mol. The van der Waals surface area contributed by atoms with Crippen LogP contribution in [0.1, 0.15) is 18.4 Å². The summed E-state index contributed by atoms with van der Waals surface area (Å²) in [6, 6.07) is 8.15. The van der Waals surface area contributed by atoms with Crippen LogP contribution in [0.3, 0.4) is 0 Å². The number of hydrogen-bond donors (Lipinski definition) is 2. The van der Waals surface area contributed by atoms with Crippen LogP contribution in [-0.2, 0) is 11.2 Å². The van der Waals surface area contributed by atoms with E-state index in [1.165, 1.54) is 5.56 Å². The summed E-state index contributed by atoms with van der Waals surface area (Å²) in [5.74, 6) is 0.122. The van der Waals surface area contributed by atoms with Gasteiger partial charge in [-0.1, -0.05) is 28.1 Å². The van der Waals surface area contributed by atoms with Gasteiger partial charge in [0.15, 0.2) is 0 Å². The molecule has 0 bridgehead atoms. The molecule has 0 aromatic heterocycles. The zero-order valence-electron chi connectivity index (χ0n) is 9.71. The molecule has 0 aliphatic heterocycles. The van der Waals surface area contributed by atoms with E-state index in [0.717, 1.165) is 23.7 Å². The molecular formula is C13H17BrN2O. The quantitative estimate of drug-likeness (QED) is 0.871. The number of halogens is 1. The van der Waals surface area contributed by atoms with E-state index in [9.17, 15) is 4.79 Å². The first-order chi connectivity index (χ1) is 8.16. The number of hydrogen-bond acceptors (Lipinski definition) is 2. The third kappa shape index (κ3) is 3.07. The van der Waals surface area contributed by atoms with Crippen LogP contribution in [-0.4, -0.2) is 19.0 Å². The molecule has 1 saturated carbocycles. The maximum atomic E-state index is 11.8. The highest BCUT2D eigenvalue weighted by Gasteiger charge is 2.48. The highest BCUT2D eigenvalue weighted by molar-refractivity contribution is 9.10. The summed E-state index contributed by atoms with van der Waals surface area (Å²) in [5.41, 5.74) is 6.59. The lowest BCUT2D eigenvalue weighted by atomic mass is 10.1. The Morgan fingerprint density at radius 3 is 2.53 bits per heavy atom. The van der Waals surface area contributed by atoms with Gasteiger partial charge >= 0.3 is 0 Å². The smallest absolute Gasteiger partial charge is 0.227 e. The van der Waals surface area contributed by atoms with Crippen molar-refractivity contribution in [2.45, 2.75) is 19.3 Å². The first-order valence-corrected chi connectivity index (χ1v) is 6.68. The highest BCUT2D eigenvalue weighted by atomic mass is 79.9. The molecule has 1 aliphatic rings. The van der Waals surface area contributed by atoms with E-state index in [-0.39, 0.29) is 11.3 Å². The van der Waals surface area contributed by atoms with Crippen molar-refractivity contribution in [3.05, 3.63) is 34.3 Å². The van der Waals surface area contributed by atoms with Gasteiger partial charge in [0, 0.05) is 17.6 Å². The first kappa shape index (κ1) is 12.6. The minimum absolute atomic E-state index is 0.122. The molecule has 17 heavy (non-hydrogen) atoms. The summed E-state index contributed by atoms with van der Waals surface area (Å²) in [4.78, 5) is 11.8. The fraction of sp³-hybridized carbons (Fsp3) is 0.462. The summed E-state index contributed by atoms with van der Waals surface area (Å²) in [7, 11) is 0. The van der Waals surface area contributed by atoms with Crippen molar-refractivity contribution in [3.8, 4) is 0 Å². The second kappa shape index (κ2) is 5.19. The van der Waals surface area contributed by atoms with Crippen molar-refractivity contribution in [3.63, 3.8) is 0 Å². The second-order valence-corrected chi connectivity index (χ2v) is 5.53. The zero-order valence-corrected chi connectivity index (χ0v) is 11.3. The summed E-state index contributed by atoms with van der Waals surface area (Å²) < 4.78 is 1.07. The summed E-state index contributed by atoms with van der Waals surface area (Å²) in [6.45, 7) is 1.15. The third-order valence-electron chi connectivity index (χ3n) is 3.34. The van der Waals surface area contributed by atoms with Crippen molar-refractivity contribution in [2.75, 3.05) is 13.1 Å². The predicted octanol–water partition coefficient (Wildman–Crippen LogP) is 1.85. The molecule has 92 valence electrons. The second-order valence-electron chi connectivity index (χ2n) is 4.62. The Bertz CT molecular complexity index is 398. The van der Waals surface area contributed by atoms with Crippen molar-refractivity contribution in [2.24, 2.45) is 11.1 Å². The van der Waals surface area contributed by atoms with Gasteiger partial charge in [-0.2, -0.15) is 0 Å². The molecule has 0 saturated heterocycles. The number of nitrogens with two attached hydrogens (primary N) is 1. The number of carbonyl (C=O) groups excluding carboxylic acids is 1. The van der Waals surface area contributed by atoms with Crippen molar-refractivity contribution >= 4 is 21.8 Å². The molecular weight excluding hydrogens is 280 g/mol. The van der Waals surface area contributed by atoms with E-state index in [2.05, 4.69) is 33.4 Å². The van der Waals surface area contributed by atoms with Gasteiger partial charge in [-0.3, -0.25) is 4.79 Å². The Balaban J connectivity index is 1.76. The van der Waals surface area contributed by atoms with Gasteiger partial charge in [0.2, 0.25) is 5.91 Å². The fourth-order valence-electron chi connectivity index (χ4n) is 1.83. The monoisotopic (exact) mass is 296 g/mol. The molecule has 1 aromatic rings. The summed E-state index contributed by atoms with van der Waals surface area (Å²) in [5, 5.41) is 2.97. The van der Waals surface area contributed by atoms with Gasteiger partial charge < -0.3 is 11.1 Å². The SMILES string of the molecule is NCC1(C(=O)NCCc2ccc(Br)cc2)CC1. The Kier molecular flexibility index (Phi) is 3.84. The molecule has 1 aromatic carbocycles. The van der Waals surface area contributed by atoms with E-state index in [0.29, 0.717) is 13.1 Å². The standard InChI is InChI=1S/C13H17BrN2O/c14-11-3-1-10(2-4-11)5-8-16-12(17)13(9-15)6-7-13/h1-4H,5-9,15H2,(H,16,17). The zero-order chi connectivity index (χ0) is 12.3. The fourth-order valence-corrected chi connectivity index (χ4v) is 2.10. The number of carbonyl (C=O) groups is 1. The number of rotatable bonds is 5. The average Bonchev–Trinajstić information content (AvgIpc) is 3.12. The number of amides is 1. The van der Waals surface area contributed by atoms with Gasteiger partial charge in [0.1, 0.15) is 0 Å². The Hall–Kier alpha value is -0.870. The molecule has 3 nitrogen and oxygen atoms in total. The summed E-state index contributed by atoms with van der Waals surface area (Å²) >= 11 is 3.40. The Labute approximate surface area is 110 Å². The Morgan fingerprint density at radius 2 is 2.00 bits per heavy atom. The largest absolute Gasteiger partial charge is 0.355 e. The van der Waals surface area contributed by atoms with Crippen LogP contribution in [0.5, 0.6) is 0 Å². The van der Waals surface area contributed by atoms with Gasteiger partial charge in [-0.25, -0.2) is 0 Å². The van der Waals surface area contributed by atoms with Crippen molar-refractivity contribution in [1.29, 1.82) is 0 Å². The molecule has 2 rings (SSSR count). The molecule has 0 heterocycles. The van der Waals surface area contributed by atoms with Crippen molar-refractivity contribution in [1.82, 2.24) is 5.32 Å². The molecule has 0 spiro atoms. The lowest BCUT2D eigenvalue weighted by molar-refractivity contribution is -0.125. The Morgan fingerprint density at radius 1 is 1.35 bits per heavy atom. The van der Waals surface area contributed by atoms with E-state index < -0.39 is 0 Å². The van der Waals surface area contributed by atoms with Gasteiger partial charge in [-0.05, 0) is 37.0 Å². The topological polar surface area (TPSA) is 55.1 Å². The maximum absolute atomic E-state index is 11.8. The highest BCUT2D eigenvalue weighted by Crippen LogP contribution is 2.44. The number of nitrogens with one attached hydrogen (secondary N) is 1. The lowest BCUT2D eigenvalue weighted by Crippen LogP contribution is -2.37. The minimum atomic E-state index is -0.236. The van der Waals surface area contributed by atoms with Gasteiger partial charge in [0.05, 0.1) is 5.41 Å². The molecule has 1 amide bonds. The normalized spacial score (nSPS) is 16.6. The number of benzene rings is 1. The maximum Gasteiger partial charge on any atom is 0.227 e. The molecule has 4 heteroatoms. The first-order valence-electron chi connectivity index (χ1n) is 5.89. The van der Waals surface area contributed by atoms with E-state index >= 15 is 0 Å². The minimum Gasteiger partial charge on any atom is -0.355 e. The van der Waals surface area contributed by atoms with Crippen LogP contribution in [0, 0.1) is 5.41 Å². The van der Waals surface area contributed by atoms with Crippen LogP contribution < -0.4 is 11.1 Å².